The summed E-state index contributed by atoms with van der Waals surface area (Å²) in [5, 5.41) is 12.7. The first kappa shape index (κ1) is 14.7. The third-order valence-electron chi connectivity index (χ3n) is 3.62. The lowest BCUT2D eigenvalue weighted by molar-refractivity contribution is 1.15. The first-order chi connectivity index (χ1) is 11.2. The summed E-state index contributed by atoms with van der Waals surface area (Å²) in [4.78, 5) is 8.99. The fourth-order valence-corrected chi connectivity index (χ4v) is 2.40. The highest BCUT2D eigenvalue weighted by Crippen LogP contribution is 2.30. The van der Waals surface area contributed by atoms with Crippen LogP contribution in [-0.4, -0.2) is 17.0 Å². The molecule has 1 N–H and O–H groups in total. The second-order valence-corrected chi connectivity index (χ2v) is 5.21. The van der Waals surface area contributed by atoms with Crippen molar-refractivity contribution in [3.63, 3.8) is 0 Å². The molecule has 0 aliphatic rings. The smallest absolute Gasteiger partial charge is 0.223 e. The molecule has 4 heteroatoms. The summed E-state index contributed by atoms with van der Waals surface area (Å²) in [6, 6.07) is 20.0. The lowest BCUT2D eigenvalue weighted by Crippen LogP contribution is -2.03. The number of hydrogen-bond acceptors (Lipinski definition) is 4. The van der Waals surface area contributed by atoms with Gasteiger partial charge in [-0.3, -0.25) is 0 Å². The normalized spacial score (nSPS) is 10.1. The Bertz CT molecular complexity index is 862. The molecule has 0 aliphatic heterocycles. The lowest BCUT2D eigenvalue weighted by Gasteiger charge is -2.11. The second kappa shape index (κ2) is 6.29. The quantitative estimate of drug-likeness (QED) is 0.793. The highest BCUT2D eigenvalue weighted by atomic mass is 15.1. The summed E-state index contributed by atoms with van der Waals surface area (Å²) in [5.41, 5.74) is 4.74. The molecule has 0 fully saturated rings. The topological polar surface area (TPSA) is 61.6 Å². The molecule has 0 atom stereocenters. The number of aromatic nitrogens is 2. The van der Waals surface area contributed by atoms with Crippen LogP contribution in [0, 0.1) is 18.3 Å². The number of nitrogens with zero attached hydrogens (tertiary/aromatic N) is 3. The van der Waals surface area contributed by atoms with Gasteiger partial charge in [0, 0.05) is 18.2 Å². The van der Waals surface area contributed by atoms with Gasteiger partial charge >= 0.3 is 0 Å². The molecule has 0 bridgehead atoms. The van der Waals surface area contributed by atoms with Gasteiger partial charge in [0.1, 0.15) is 11.6 Å². The van der Waals surface area contributed by atoms with Crippen molar-refractivity contribution in [2.24, 2.45) is 0 Å². The van der Waals surface area contributed by atoms with E-state index in [2.05, 4.69) is 21.4 Å². The zero-order valence-corrected chi connectivity index (χ0v) is 13.0. The van der Waals surface area contributed by atoms with Crippen LogP contribution >= 0.6 is 0 Å². The molecule has 112 valence electrons. The predicted octanol–water partition coefficient (Wildman–Crippen LogP) is 4.03. The van der Waals surface area contributed by atoms with E-state index < -0.39 is 0 Å². The van der Waals surface area contributed by atoms with E-state index in [0.29, 0.717) is 22.9 Å². The van der Waals surface area contributed by atoms with E-state index in [-0.39, 0.29) is 0 Å². The first-order valence-electron chi connectivity index (χ1n) is 7.35. The highest BCUT2D eigenvalue weighted by Gasteiger charge is 2.16. The Morgan fingerprint density at radius 3 is 1.96 bits per heavy atom. The molecular formula is C19H16N4. The van der Waals surface area contributed by atoms with Gasteiger partial charge in [0.15, 0.2) is 0 Å². The van der Waals surface area contributed by atoms with Gasteiger partial charge in [-0.15, -0.1) is 0 Å². The van der Waals surface area contributed by atoms with Crippen molar-refractivity contribution in [3.05, 3.63) is 65.7 Å². The monoisotopic (exact) mass is 300 g/mol. The van der Waals surface area contributed by atoms with E-state index in [4.69, 9.17) is 0 Å². The summed E-state index contributed by atoms with van der Waals surface area (Å²) in [7, 11) is 1.77. The van der Waals surface area contributed by atoms with Gasteiger partial charge < -0.3 is 5.32 Å². The Labute approximate surface area is 135 Å². The Balaban J connectivity index is 2.28. The van der Waals surface area contributed by atoms with Gasteiger partial charge in [-0.05, 0) is 6.92 Å². The minimum Gasteiger partial charge on any atom is -0.357 e. The number of anilines is 1. The number of nitrogens with one attached hydrogen (secondary N) is 1. The molecule has 1 aromatic heterocycles. The molecule has 0 radical (unpaired) electrons. The van der Waals surface area contributed by atoms with Gasteiger partial charge in [0.2, 0.25) is 5.95 Å². The van der Waals surface area contributed by atoms with E-state index in [9.17, 15) is 5.26 Å². The van der Waals surface area contributed by atoms with Crippen molar-refractivity contribution >= 4 is 5.95 Å². The summed E-state index contributed by atoms with van der Waals surface area (Å²) in [5.74, 6) is 0.499. The van der Waals surface area contributed by atoms with Gasteiger partial charge in [-0.25, -0.2) is 9.97 Å². The Kier molecular flexibility index (Phi) is 4.03. The number of benzene rings is 2. The number of rotatable bonds is 3. The van der Waals surface area contributed by atoms with Crippen LogP contribution in [0.3, 0.4) is 0 Å². The molecule has 2 aromatic carbocycles. The van der Waals surface area contributed by atoms with Crippen LogP contribution in [0.5, 0.6) is 0 Å². The van der Waals surface area contributed by atoms with Gasteiger partial charge in [0.05, 0.1) is 11.4 Å². The van der Waals surface area contributed by atoms with Gasteiger partial charge in [0.25, 0.3) is 0 Å². The number of hydrogen-bond donors (Lipinski definition) is 1. The Hall–Kier alpha value is -3.19. The molecule has 3 aromatic rings. The molecule has 23 heavy (non-hydrogen) atoms. The molecule has 0 aliphatic carbocycles. The van der Waals surface area contributed by atoms with Crippen molar-refractivity contribution in [2.45, 2.75) is 6.92 Å². The zero-order chi connectivity index (χ0) is 16.2. The fraction of sp³-hybridized carbons (Fsp3) is 0.105. The minimum absolute atomic E-state index is 0.485. The third-order valence-corrected chi connectivity index (χ3v) is 3.62. The largest absolute Gasteiger partial charge is 0.357 e. The molecular weight excluding hydrogens is 284 g/mol. The van der Waals surface area contributed by atoms with Crippen LogP contribution < -0.4 is 5.32 Å². The van der Waals surface area contributed by atoms with Crippen LogP contribution in [0.2, 0.25) is 0 Å². The number of aryl methyl sites for hydroxylation is 1. The average molecular weight is 300 g/mol. The standard InChI is InChI=1S/C19H16N4/c1-13-8-10-15(11-9-13)18-16(12-20)17(22-19(21-2)23-18)14-6-4-3-5-7-14/h3-11H,1-2H3,(H,21,22,23). The molecule has 0 saturated carbocycles. The zero-order valence-electron chi connectivity index (χ0n) is 13.0. The predicted molar refractivity (Wildman–Crippen MR) is 91.9 cm³/mol. The van der Waals surface area contributed by atoms with Crippen LogP contribution in [0.1, 0.15) is 11.1 Å². The van der Waals surface area contributed by atoms with E-state index in [1.807, 2.05) is 61.5 Å². The van der Waals surface area contributed by atoms with Crippen molar-refractivity contribution in [1.29, 1.82) is 5.26 Å². The fourth-order valence-electron chi connectivity index (χ4n) is 2.40. The maximum Gasteiger partial charge on any atom is 0.223 e. The van der Waals surface area contributed by atoms with Crippen LogP contribution in [-0.2, 0) is 0 Å². The molecule has 0 saturated heterocycles. The summed E-state index contributed by atoms with van der Waals surface area (Å²) < 4.78 is 0. The van der Waals surface area contributed by atoms with Gasteiger partial charge in [-0.2, -0.15) is 5.26 Å². The molecule has 4 nitrogen and oxygen atoms in total. The van der Waals surface area contributed by atoms with Crippen molar-refractivity contribution < 1.29 is 0 Å². The summed E-state index contributed by atoms with van der Waals surface area (Å²) in [6.07, 6.45) is 0. The average Bonchev–Trinajstić information content (AvgIpc) is 2.62. The maximum absolute atomic E-state index is 9.69. The van der Waals surface area contributed by atoms with Crippen molar-refractivity contribution in [3.8, 4) is 28.6 Å². The number of nitriles is 1. The Morgan fingerprint density at radius 1 is 0.870 bits per heavy atom. The van der Waals surface area contributed by atoms with Crippen LogP contribution in [0.4, 0.5) is 5.95 Å². The first-order valence-corrected chi connectivity index (χ1v) is 7.35. The third kappa shape index (κ3) is 2.90. The van der Waals surface area contributed by atoms with E-state index in [0.717, 1.165) is 11.1 Å². The lowest BCUT2D eigenvalue weighted by atomic mass is 10.0. The van der Waals surface area contributed by atoms with E-state index >= 15 is 0 Å². The highest BCUT2D eigenvalue weighted by molar-refractivity contribution is 5.78. The molecule has 0 unspecified atom stereocenters. The molecule has 3 rings (SSSR count). The Morgan fingerprint density at radius 2 is 1.43 bits per heavy atom. The van der Waals surface area contributed by atoms with Crippen LogP contribution in [0.25, 0.3) is 22.5 Å². The van der Waals surface area contributed by atoms with Crippen molar-refractivity contribution in [1.82, 2.24) is 9.97 Å². The molecule has 0 spiro atoms. The summed E-state index contributed by atoms with van der Waals surface area (Å²) in [6.45, 7) is 2.03. The van der Waals surface area contributed by atoms with Gasteiger partial charge in [-0.1, -0.05) is 60.2 Å². The van der Waals surface area contributed by atoms with E-state index in [1.54, 1.807) is 7.05 Å². The van der Waals surface area contributed by atoms with Crippen LogP contribution in [0.15, 0.2) is 54.6 Å². The SMILES string of the molecule is CNc1nc(-c2ccccc2)c(C#N)c(-c2ccc(C)cc2)n1. The maximum atomic E-state index is 9.69. The van der Waals surface area contributed by atoms with Crippen molar-refractivity contribution in [2.75, 3.05) is 12.4 Å². The molecule has 1 heterocycles. The minimum atomic E-state index is 0.485. The molecule has 0 amide bonds. The van der Waals surface area contributed by atoms with E-state index in [1.165, 1.54) is 5.56 Å². The second-order valence-electron chi connectivity index (χ2n) is 5.21. The summed E-state index contributed by atoms with van der Waals surface area (Å²) >= 11 is 0.